The molecule has 2 aliphatic carbocycles. The Labute approximate surface area is 109 Å². The molecule has 0 atom stereocenters. The Morgan fingerprint density at radius 2 is 1.83 bits per heavy atom. The van der Waals surface area contributed by atoms with Gasteiger partial charge in [-0.15, -0.1) is 0 Å². The van der Waals surface area contributed by atoms with E-state index in [0.717, 1.165) is 25.0 Å². The molecule has 100 valence electrons. The van der Waals surface area contributed by atoms with Crippen LogP contribution in [0.4, 0.5) is 0 Å². The van der Waals surface area contributed by atoms with Crippen molar-refractivity contribution in [2.24, 2.45) is 12.5 Å². The lowest BCUT2D eigenvalue weighted by molar-refractivity contribution is -0.0329. The molecule has 3 heteroatoms. The van der Waals surface area contributed by atoms with Crippen LogP contribution in [0.1, 0.15) is 57.1 Å². The highest BCUT2D eigenvalue weighted by atomic mass is 16.3. The molecule has 0 saturated heterocycles. The van der Waals surface area contributed by atoms with E-state index in [2.05, 4.69) is 5.10 Å². The summed E-state index contributed by atoms with van der Waals surface area (Å²) in [5.41, 5.74) is 1.13. The lowest BCUT2D eigenvalue weighted by atomic mass is 9.67. The maximum atomic E-state index is 10.7. The summed E-state index contributed by atoms with van der Waals surface area (Å²) in [6.45, 7) is 0. The van der Waals surface area contributed by atoms with Crippen molar-refractivity contribution in [2.75, 3.05) is 0 Å². The zero-order valence-corrected chi connectivity index (χ0v) is 11.4. The molecule has 2 fully saturated rings. The van der Waals surface area contributed by atoms with E-state index in [0.29, 0.717) is 5.41 Å². The molecule has 0 aliphatic heterocycles. The molecule has 1 N–H and O–H groups in total. The second kappa shape index (κ2) is 4.37. The fourth-order valence-corrected chi connectivity index (χ4v) is 3.94. The molecule has 2 aliphatic rings. The third-order valence-electron chi connectivity index (χ3n) is 5.18. The average Bonchev–Trinajstić information content (AvgIpc) is 2.94. The topological polar surface area (TPSA) is 38.0 Å². The lowest BCUT2D eigenvalue weighted by Crippen LogP contribution is -2.39. The van der Waals surface area contributed by atoms with Crippen molar-refractivity contribution >= 4 is 0 Å². The normalized spacial score (nSPS) is 25.7. The number of nitrogens with zero attached hydrogens (tertiary/aromatic N) is 2. The molecule has 0 radical (unpaired) electrons. The van der Waals surface area contributed by atoms with Crippen LogP contribution in [-0.2, 0) is 13.5 Å². The average molecular weight is 248 g/mol. The minimum absolute atomic E-state index is 0.498. The zero-order chi connectivity index (χ0) is 12.6. The summed E-state index contributed by atoms with van der Waals surface area (Å²) in [6, 6.07) is 2.03. The smallest absolute Gasteiger partial charge is 0.0704 e. The van der Waals surface area contributed by atoms with Gasteiger partial charge in [-0.3, -0.25) is 4.68 Å². The van der Waals surface area contributed by atoms with Gasteiger partial charge in [-0.05, 0) is 50.0 Å². The Morgan fingerprint density at radius 3 is 2.39 bits per heavy atom. The number of hydrogen-bond acceptors (Lipinski definition) is 2. The van der Waals surface area contributed by atoms with Crippen LogP contribution in [0.25, 0.3) is 0 Å². The summed E-state index contributed by atoms with van der Waals surface area (Å²) in [5, 5.41) is 15.1. The maximum Gasteiger partial charge on any atom is 0.0704 e. The zero-order valence-electron chi connectivity index (χ0n) is 11.4. The molecule has 18 heavy (non-hydrogen) atoms. The molecule has 1 aromatic heterocycles. The molecule has 1 aromatic rings. The quantitative estimate of drug-likeness (QED) is 0.874. The molecular formula is C15H24N2O. The highest BCUT2D eigenvalue weighted by Crippen LogP contribution is 2.51. The molecule has 0 unspecified atom stereocenters. The minimum atomic E-state index is -0.498. The highest BCUT2D eigenvalue weighted by molar-refractivity contribution is 5.06. The minimum Gasteiger partial charge on any atom is -0.389 e. The van der Waals surface area contributed by atoms with Crippen LogP contribution in [0.5, 0.6) is 0 Å². The third-order valence-corrected chi connectivity index (χ3v) is 5.18. The van der Waals surface area contributed by atoms with E-state index in [1.807, 2.05) is 24.0 Å². The molecule has 1 spiro atoms. The van der Waals surface area contributed by atoms with Gasteiger partial charge in [0.2, 0.25) is 0 Å². The summed E-state index contributed by atoms with van der Waals surface area (Å²) in [5.74, 6) is 0. The maximum absolute atomic E-state index is 10.7. The first-order valence-corrected chi connectivity index (χ1v) is 7.30. The van der Waals surface area contributed by atoms with Crippen molar-refractivity contribution < 1.29 is 5.11 Å². The summed E-state index contributed by atoms with van der Waals surface area (Å²) < 4.78 is 1.82. The van der Waals surface area contributed by atoms with Crippen LogP contribution in [0, 0.1) is 5.41 Å². The van der Waals surface area contributed by atoms with Gasteiger partial charge in [0.05, 0.1) is 11.3 Å². The van der Waals surface area contributed by atoms with Gasteiger partial charge < -0.3 is 5.11 Å². The standard InChI is InChI=1S/C15H24N2O/c1-17-11-4-13(16-17)12-15(18)9-7-14(8-10-15)5-2-3-6-14/h4,11,18H,2-3,5-10,12H2,1H3. The fraction of sp³-hybridized carbons (Fsp3) is 0.800. The van der Waals surface area contributed by atoms with Gasteiger partial charge in [0.25, 0.3) is 0 Å². The molecule has 2 saturated carbocycles. The van der Waals surface area contributed by atoms with Crippen molar-refractivity contribution in [1.29, 1.82) is 0 Å². The summed E-state index contributed by atoms with van der Waals surface area (Å²) in [7, 11) is 1.93. The van der Waals surface area contributed by atoms with E-state index in [1.165, 1.54) is 38.5 Å². The molecule has 3 rings (SSSR count). The predicted molar refractivity (Wildman–Crippen MR) is 71.2 cm³/mol. The van der Waals surface area contributed by atoms with Gasteiger partial charge in [0.1, 0.15) is 0 Å². The van der Waals surface area contributed by atoms with Crippen LogP contribution in [0.2, 0.25) is 0 Å². The van der Waals surface area contributed by atoms with Crippen molar-refractivity contribution in [2.45, 2.75) is 63.4 Å². The SMILES string of the molecule is Cn1ccc(CC2(O)CCC3(CCCC3)CC2)n1. The van der Waals surface area contributed by atoms with E-state index in [1.54, 1.807) is 0 Å². The van der Waals surface area contributed by atoms with Gasteiger partial charge in [-0.25, -0.2) is 0 Å². The number of aliphatic hydroxyl groups is 1. The van der Waals surface area contributed by atoms with Gasteiger partial charge in [0, 0.05) is 19.7 Å². The second-order valence-corrected chi connectivity index (χ2v) is 6.59. The fourth-order valence-electron chi connectivity index (χ4n) is 3.94. The van der Waals surface area contributed by atoms with E-state index in [-0.39, 0.29) is 0 Å². The third kappa shape index (κ3) is 2.33. The summed E-state index contributed by atoms with van der Waals surface area (Å²) in [4.78, 5) is 0. The summed E-state index contributed by atoms with van der Waals surface area (Å²) in [6.07, 6.45) is 12.6. The lowest BCUT2D eigenvalue weighted by Gasteiger charge is -2.42. The molecule has 1 heterocycles. The van der Waals surface area contributed by atoms with Crippen LogP contribution in [-0.4, -0.2) is 20.5 Å². The molecule has 0 bridgehead atoms. The first kappa shape index (κ1) is 12.2. The number of rotatable bonds is 2. The molecule has 3 nitrogen and oxygen atoms in total. The number of hydrogen-bond donors (Lipinski definition) is 1. The van der Waals surface area contributed by atoms with Gasteiger partial charge in [0.15, 0.2) is 0 Å². The van der Waals surface area contributed by atoms with Crippen LogP contribution < -0.4 is 0 Å². The highest BCUT2D eigenvalue weighted by Gasteiger charge is 2.43. The monoisotopic (exact) mass is 248 g/mol. The van der Waals surface area contributed by atoms with Crippen LogP contribution in [0.15, 0.2) is 12.3 Å². The van der Waals surface area contributed by atoms with E-state index in [4.69, 9.17) is 0 Å². The Bertz CT molecular complexity index is 408. The van der Waals surface area contributed by atoms with Gasteiger partial charge in [-0.2, -0.15) is 5.10 Å². The van der Waals surface area contributed by atoms with Crippen LogP contribution >= 0.6 is 0 Å². The Hall–Kier alpha value is -0.830. The molecule has 0 aromatic carbocycles. The molecular weight excluding hydrogens is 224 g/mol. The van der Waals surface area contributed by atoms with Gasteiger partial charge in [-0.1, -0.05) is 12.8 Å². The van der Waals surface area contributed by atoms with Gasteiger partial charge >= 0.3 is 0 Å². The first-order chi connectivity index (χ1) is 8.59. The van der Waals surface area contributed by atoms with Crippen molar-refractivity contribution in [3.63, 3.8) is 0 Å². The van der Waals surface area contributed by atoms with E-state index < -0.39 is 5.60 Å². The van der Waals surface area contributed by atoms with Crippen molar-refractivity contribution in [1.82, 2.24) is 9.78 Å². The van der Waals surface area contributed by atoms with Crippen LogP contribution in [0.3, 0.4) is 0 Å². The largest absolute Gasteiger partial charge is 0.389 e. The van der Waals surface area contributed by atoms with Crippen molar-refractivity contribution in [3.05, 3.63) is 18.0 Å². The molecule has 0 amide bonds. The first-order valence-electron chi connectivity index (χ1n) is 7.30. The predicted octanol–water partition coefficient (Wildman–Crippen LogP) is 2.83. The van der Waals surface area contributed by atoms with Crippen molar-refractivity contribution in [3.8, 4) is 0 Å². The summed E-state index contributed by atoms with van der Waals surface area (Å²) >= 11 is 0. The number of aryl methyl sites for hydroxylation is 1. The Balaban J connectivity index is 1.63. The second-order valence-electron chi connectivity index (χ2n) is 6.59. The number of aromatic nitrogens is 2. The van der Waals surface area contributed by atoms with E-state index >= 15 is 0 Å². The Morgan fingerprint density at radius 1 is 1.17 bits per heavy atom. The van der Waals surface area contributed by atoms with E-state index in [9.17, 15) is 5.11 Å². The Kier molecular flexibility index (Phi) is 2.97.